The summed E-state index contributed by atoms with van der Waals surface area (Å²) in [5, 5.41) is 3.34. The standard InChI is InChI=1S/C12H15BrN2O/c1-3-16-11-5-4-9(6-10(11)13)12-14-7-8(2)15-12/h4-6,8H,3,7H2,1-2H3,(H,14,15). The highest BCUT2D eigenvalue weighted by Gasteiger charge is 2.15. The van der Waals surface area contributed by atoms with Crippen molar-refractivity contribution in [2.24, 2.45) is 4.99 Å². The van der Waals surface area contributed by atoms with Crippen LogP contribution in [0.4, 0.5) is 0 Å². The van der Waals surface area contributed by atoms with Crippen molar-refractivity contribution in [3.05, 3.63) is 28.2 Å². The molecule has 1 aliphatic heterocycles. The molecule has 1 atom stereocenters. The number of nitrogens with zero attached hydrogens (tertiary/aromatic N) is 1. The van der Waals surface area contributed by atoms with Crippen LogP contribution in [0.1, 0.15) is 19.4 Å². The first-order valence-electron chi connectivity index (χ1n) is 5.44. The Morgan fingerprint density at radius 2 is 2.38 bits per heavy atom. The molecule has 0 fully saturated rings. The van der Waals surface area contributed by atoms with Crippen molar-refractivity contribution < 1.29 is 4.74 Å². The van der Waals surface area contributed by atoms with Gasteiger partial charge in [-0.1, -0.05) is 0 Å². The first kappa shape index (κ1) is 11.5. The highest BCUT2D eigenvalue weighted by Crippen LogP contribution is 2.26. The molecule has 1 aliphatic rings. The van der Waals surface area contributed by atoms with E-state index < -0.39 is 0 Å². The van der Waals surface area contributed by atoms with Crippen LogP contribution >= 0.6 is 15.9 Å². The lowest BCUT2D eigenvalue weighted by molar-refractivity contribution is 0.338. The van der Waals surface area contributed by atoms with Crippen molar-refractivity contribution in [1.82, 2.24) is 5.32 Å². The summed E-state index contributed by atoms with van der Waals surface area (Å²) in [5.74, 6) is 1.84. The van der Waals surface area contributed by atoms with E-state index in [0.717, 1.165) is 28.2 Å². The second-order valence-corrected chi connectivity index (χ2v) is 4.67. The number of halogens is 1. The summed E-state index contributed by atoms with van der Waals surface area (Å²) in [7, 11) is 0. The van der Waals surface area contributed by atoms with Crippen LogP contribution in [0.25, 0.3) is 0 Å². The molecule has 0 bridgehead atoms. The molecule has 1 aromatic rings. The molecule has 2 rings (SSSR count). The van der Waals surface area contributed by atoms with Crippen LogP contribution in [0.5, 0.6) is 5.75 Å². The van der Waals surface area contributed by atoms with E-state index in [2.05, 4.69) is 33.2 Å². The molecule has 0 aromatic heterocycles. The maximum atomic E-state index is 5.47. The lowest BCUT2D eigenvalue weighted by atomic mass is 10.2. The number of benzene rings is 1. The number of hydrogen-bond acceptors (Lipinski definition) is 3. The second-order valence-electron chi connectivity index (χ2n) is 3.81. The van der Waals surface area contributed by atoms with Gasteiger partial charge in [-0.05, 0) is 48.0 Å². The molecule has 1 heterocycles. The van der Waals surface area contributed by atoms with Crippen molar-refractivity contribution >= 4 is 21.8 Å². The zero-order chi connectivity index (χ0) is 11.5. The van der Waals surface area contributed by atoms with Gasteiger partial charge in [-0.15, -0.1) is 0 Å². The van der Waals surface area contributed by atoms with Gasteiger partial charge in [-0.3, -0.25) is 4.99 Å². The Bertz CT molecular complexity index is 417. The SMILES string of the molecule is CCOc1ccc(C2=NCC(C)N2)cc1Br. The first-order chi connectivity index (χ1) is 7.70. The van der Waals surface area contributed by atoms with Gasteiger partial charge in [0.05, 0.1) is 17.6 Å². The smallest absolute Gasteiger partial charge is 0.133 e. The van der Waals surface area contributed by atoms with Gasteiger partial charge in [0.25, 0.3) is 0 Å². The summed E-state index contributed by atoms with van der Waals surface area (Å²) in [4.78, 5) is 4.45. The van der Waals surface area contributed by atoms with Gasteiger partial charge in [0, 0.05) is 11.6 Å². The summed E-state index contributed by atoms with van der Waals surface area (Å²) >= 11 is 3.50. The summed E-state index contributed by atoms with van der Waals surface area (Å²) in [6.07, 6.45) is 0. The zero-order valence-electron chi connectivity index (χ0n) is 9.46. The number of rotatable bonds is 3. The Balaban J connectivity index is 2.21. The zero-order valence-corrected chi connectivity index (χ0v) is 11.0. The van der Waals surface area contributed by atoms with E-state index in [4.69, 9.17) is 4.74 Å². The van der Waals surface area contributed by atoms with Crippen LogP contribution in [0.3, 0.4) is 0 Å². The predicted molar refractivity (Wildman–Crippen MR) is 69.3 cm³/mol. The Labute approximate surface area is 104 Å². The van der Waals surface area contributed by atoms with E-state index >= 15 is 0 Å². The van der Waals surface area contributed by atoms with E-state index in [9.17, 15) is 0 Å². The van der Waals surface area contributed by atoms with Gasteiger partial charge in [0.15, 0.2) is 0 Å². The van der Waals surface area contributed by atoms with Crippen LogP contribution in [-0.4, -0.2) is 25.0 Å². The highest BCUT2D eigenvalue weighted by atomic mass is 79.9. The summed E-state index contributed by atoms with van der Waals surface area (Å²) in [5.41, 5.74) is 1.10. The van der Waals surface area contributed by atoms with Gasteiger partial charge in [-0.25, -0.2) is 0 Å². The van der Waals surface area contributed by atoms with Crippen molar-refractivity contribution in [3.8, 4) is 5.75 Å². The Morgan fingerprint density at radius 1 is 1.56 bits per heavy atom. The van der Waals surface area contributed by atoms with Gasteiger partial charge >= 0.3 is 0 Å². The number of amidine groups is 1. The first-order valence-corrected chi connectivity index (χ1v) is 6.23. The molecule has 16 heavy (non-hydrogen) atoms. The minimum Gasteiger partial charge on any atom is -0.493 e. The Morgan fingerprint density at radius 3 is 2.94 bits per heavy atom. The average molecular weight is 283 g/mol. The molecule has 1 unspecified atom stereocenters. The largest absolute Gasteiger partial charge is 0.493 e. The van der Waals surface area contributed by atoms with Crippen molar-refractivity contribution in [2.75, 3.05) is 13.2 Å². The number of aliphatic imine (C=N–C) groups is 1. The van der Waals surface area contributed by atoms with Gasteiger partial charge in [0.1, 0.15) is 11.6 Å². The van der Waals surface area contributed by atoms with E-state index in [-0.39, 0.29) is 0 Å². The molecule has 1 aromatic carbocycles. The Kier molecular flexibility index (Phi) is 3.49. The van der Waals surface area contributed by atoms with E-state index in [1.165, 1.54) is 0 Å². The molecule has 0 amide bonds. The molecule has 0 aliphatic carbocycles. The average Bonchev–Trinajstić information content (AvgIpc) is 2.68. The lowest BCUT2D eigenvalue weighted by Crippen LogP contribution is -2.27. The molecule has 0 radical (unpaired) electrons. The van der Waals surface area contributed by atoms with E-state index in [0.29, 0.717) is 12.6 Å². The quantitative estimate of drug-likeness (QED) is 0.925. The lowest BCUT2D eigenvalue weighted by Gasteiger charge is -2.09. The van der Waals surface area contributed by atoms with Gasteiger partial charge < -0.3 is 10.1 Å². The molecular formula is C12H15BrN2O. The third-order valence-electron chi connectivity index (χ3n) is 2.41. The highest BCUT2D eigenvalue weighted by molar-refractivity contribution is 9.10. The number of hydrogen-bond donors (Lipinski definition) is 1. The minimum atomic E-state index is 0.431. The topological polar surface area (TPSA) is 33.6 Å². The van der Waals surface area contributed by atoms with Crippen molar-refractivity contribution in [1.29, 1.82) is 0 Å². The maximum absolute atomic E-state index is 5.47. The summed E-state index contributed by atoms with van der Waals surface area (Å²) < 4.78 is 6.44. The Hall–Kier alpha value is -1.03. The van der Waals surface area contributed by atoms with E-state index in [1.54, 1.807) is 0 Å². The van der Waals surface area contributed by atoms with E-state index in [1.807, 2.05) is 25.1 Å². The molecule has 86 valence electrons. The molecule has 1 N–H and O–H groups in total. The number of nitrogens with one attached hydrogen (secondary N) is 1. The van der Waals surface area contributed by atoms with Gasteiger partial charge in [0.2, 0.25) is 0 Å². The van der Waals surface area contributed by atoms with Crippen molar-refractivity contribution in [3.63, 3.8) is 0 Å². The minimum absolute atomic E-state index is 0.431. The predicted octanol–water partition coefficient (Wildman–Crippen LogP) is 2.59. The van der Waals surface area contributed by atoms with Crippen molar-refractivity contribution in [2.45, 2.75) is 19.9 Å². The molecule has 0 spiro atoms. The second kappa shape index (κ2) is 4.87. The van der Waals surface area contributed by atoms with Crippen LogP contribution in [0, 0.1) is 0 Å². The molecule has 3 nitrogen and oxygen atoms in total. The molecule has 0 saturated carbocycles. The third-order valence-corrected chi connectivity index (χ3v) is 3.03. The van der Waals surface area contributed by atoms with Crippen LogP contribution in [0.15, 0.2) is 27.7 Å². The summed E-state index contributed by atoms with van der Waals surface area (Å²) in [6, 6.07) is 6.46. The van der Waals surface area contributed by atoms with Crippen LogP contribution in [-0.2, 0) is 0 Å². The fraction of sp³-hybridized carbons (Fsp3) is 0.417. The fourth-order valence-corrected chi connectivity index (χ4v) is 2.14. The van der Waals surface area contributed by atoms with Crippen LogP contribution in [0.2, 0.25) is 0 Å². The maximum Gasteiger partial charge on any atom is 0.133 e. The normalized spacial score (nSPS) is 19.2. The van der Waals surface area contributed by atoms with Crippen LogP contribution < -0.4 is 10.1 Å². The monoisotopic (exact) mass is 282 g/mol. The molecule has 0 saturated heterocycles. The van der Waals surface area contributed by atoms with Gasteiger partial charge in [-0.2, -0.15) is 0 Å². The molecule has 4 heteroatoms. The third kappa shape index (κ3) is 2.38. The summed E-state index contributed by atoms with van der Waals surface area (Å²) in [6.45, 7) is 5.62. The number of ether oxygens (including phenoxy) is 1. The molecular weight excluding hydrogens is 268 g/mol. The fourth-order valence-electron chi connectivity index (χ4n) is 1.65.